The minimum absolute atomic E-state index is 0.0468. The van der Waals surface area contributed by atoms with Gasteiger partial charge in [0.2, 0.25) is 5.78 Å². The maximum atomic E-state index is 13.9. The average molecular weight is 485 g/mol. The van der Waals surface area contributed by atoms with Gasteiger partial charge >= 0.3 is 0 Å². The Morgan fingerprint density at radius 2 is 1.71 bits per heavy atom. The van der Waals surface area contributed by atoms with Gasteiger partial charge in [-0.1, -0.05) is 54.6 Å². The van der Waals surface area contributed by atoms with E-state index in [0.29, 0.717) is 26.8 Å². The third kappa shape index (κ3) is 4.04. The third-order valence-corrected chi connectivity index (χ3v) is 7.15. The number of thiazole rings is 1. The third-order valence-electron chi connectivity index (χ3n) is 5.94. The van der Waals surface area contributed by atoms with Crippen molar-refractivity contribution in [3.8, 4) is 10.6 Å². The number of halogens is 1. The molecule has 5 rings (SSSR count). The molecule has 1 atom stereocenters. The van der Waals surface area contributed by atoms with E-state index in [9.17, 15) is 19.1 Å². The zero-order valence-corrected chi connectivity index (χ0v) is 19.8. The lowest BCUT2D eigenvalue weighted by Crippen LogP contribution is -2.31. The summed E-state index contributed by atoms with van der Waals surface area (Å²) >= 11 is 1.21. The fourth-order valence-electron chi connectivity index (χ4n) is 4.28. The zero-order valence-electron chi connectivity index (χ0n) is 19.0. The van der Waals surface area contributed by atoms with Crippen molar-refractivity contribution >= 4 is 28.7 Å². The maximum Gasteiger partial charge on any atom is 0.294 e. The predicted octanol–water partition coefficient (Wildman–Crippen LogP) is 6.35. The minimum atomic E-state index is -0.918. The highest BCUT2D eigenvalue weighted by atomic mass is 32.1. The molecule has 174 valence electrons. The first kappa shape index (κ1) is 22.7. The van der Waals surface area contributed by atoms with Crippen LogP contribution in [0, 0.1) is 19.7 Å². The highest BCUT2D eigenvalue weighted by Crippen LogP contribution is 2.43. The summed E-state index contributed by atoms with van der Waals surface area (Å²) < 4.78 is 13.7. The van der Waals surface area contributed by atoms with Crippen molar-refractivity contribution in [2.24, 2.45) is 0 Å². The highest BCUT2D eigenvalue weighted by molar-refractivity contribution is 7.17. The number of aliphatic hydroxyl groups is 1. The van der Waals surface area contributed by atoms with Gasteiger partial charge in [-0.2, -0.15) is 0 Å². The minimum Gasteiger partial charge on any atom is -0.503 e. The van der Waals surface area contributed by atoms with Gasteiger partial charge in [0.1, 0.15) is 10.8 Å². The Morgan fingerprint density at radius 1 is 1.00 bits per heavy atom. The van der Waals surface area contributed by atoms with E-state index in [1.807, 2.05) is 43.3 Å². The zero-order chi connectivity index (χ0) is 24.7. The van der Waals surface area contributed by atoms with Crippen LogP contribution >= 0.6 is 11.3 Å². The van der Waals surface area contributed by atoms with Gasteiger partial charge in [0.15, 0.2) is 5.76 Å². The Bertz CT molecular complexity index is 1480. The smallest absolute Gasteiger partial charge is 0.294 e. The number of Topliss-reactive ketones (excluding diaryl/α,β-unsaturated/α-hetero) is 1. The number of aryl methyl sites for hydroxylation is 2. The molecule has 2 heterocycles. The number of aliphatic hydroxyl groups excluding tert-OH is 1. The number of carbonyl (C=O) groups excluding carboxylic acids is 2. The molecule has 0 spiro atoms. The molecular weight excluding hydrogens is 463 g/mol. The molecule has 1 aromatic heterocycles. The van der Waals surface area contributed by atoms with Crippen molar-refractivity contribution < 1.29 is 19.1 Å². The van der Waals surface area contributed by atoms with Gasteiger partial charge in [0.25, 0.3) is 5.91 Å². The second kappa shape index (κ2) is 8.92. The van der Waals surface area contributed by atoms with Crippen LogP contribution in [0.2, 0.25) is 0 Å². The van der Waals surface area contributed by atoms with Crippen LogP contribution in [-0.4, -0.2) is 21.8 Å². The molecular formula is C28H21FN2O3S. The molecule has 0 radical (unpaired) electrons. The Hall–Kier alpha value is -4.10. The van der Waals surface area contributed by atoms with Gasteiger partial charge in [0, 0.05) is 11.3 Å². The van der Waals surface area contributed by atoms with Crippen LogP contribution < -0.4 is 4.90 Å². The number of carbonyl (C=O) groups is 2. The monoisotopic (exact) mass is 484 g/mol. The molecule has 0 bridgehead atoms. The SMILES string of the molecule is Cc1cccc(N2C(=O)C(O)=C(C(=O)c3sc(-c4ccccc4)nc3C)C2c2ccc(F)cc2)c1. The molecule has 5 nitrogen and oxygen atoms in total. The quantitative estimate of drug-likeness (QED) is 0.335. The molecule has 7 heteroatoms. The Kier molecular flexibility index (Phi) is 5.78. The predicted molar refractivity (Wildman–Crippen MR) is 134 cm³/mol. The van der Waals surface area contributed by atoms with Crippen molar-refractivity contribution in [2.75, 3.05) is 4.90 Å². The number of anilines is 1. The van der Waals surface area contributed by atoms with Crippen molar-refractivity contribution in [3.63, 3.8) is 0 Å². The molecule has 35 heavy (non-hydrogen) atoms. The first-order chi connectivity index (χ1) is 16.8. The highest BCUT2D eigenvalue weighted by Gasteiger charge is 2.45. The molecule has 4 aromatic rings. The molecule has 0 saturated heterocycles. The van der Waals surface area contributed by atoms with Crippen molar-refractivity contribution in [1.29, 1.82) is 0 Å². The van der Waals surface area contributed by atoms with Gasteiger partial charge in [-0.3, -0.25) is 14.5 Å². The molecule has 3 aromatic carbocycles. The van der Waals surface area contributed by atoms with E-state index in [1.165, 1.54) is 40.5 Å². The molecule has 1 N–H and O–H groups in total. The van der Waals surface area contributed by atoms with Gasteiger partial charge in [-0.15, -0.1) is 11.3 Å². The fourth-order valence-corrected chi connectivity index (χ4v) is 5.30. The Balaban J connectivity index is 1.64. The molecule has 1 unspecified atom stereocenters. The van der Waals surface area contributed by atoms with Gasteiger partial charge < -0.3 is 5.11 Å². The van der Waals surface area contributed by atoms with Crippen LogP contribution in [-0.2, 0) is 4.79 Å². The molecule has 0 saturated carbocycles. The van der Waals surface area contributed by atoms with E-state index in [4.69, 9.17) is 0 Å². The summed E-state index contributed by atoms with van der Waals surface area (Å²) in [4.78, 5) is 33.5. The number of hydrogen-bond donors (Lipinski definition) is 1. The van der Waals surface area contributed by atoms with E-state index in [1.54, 1.807) is 25.1 Å². The normalized spacial score (nSPS) is 15.7. The number of aromatic nitrogens is 1. The second-order valence-corrected chi connectivity index (χ2v) is 9.36. The van der Waals surface area contributed by atoms with Crippen LogP contribution in [0.15, 0.2) is 90.2 Å². The lowest BCUT2D eigenvalue weighted by atomic mass is 9.94. The van der Waals surface area contributed by atoms with Crippen molar-refractivity contribution in [1.82, 2.24) is 4.98 Å². The standard InChI is InChI=1S/C28H21FN2O3S/c1-16-7-6-10-21(15-16)31-23(18-11-13-20(29)14-12-18)22(25(33)28(31)34)24(32)26-17(2)30-27(35-26)19-8-4-3-5-9-19/h3-15,23,33H,1-2H3. The fraction of sp³-hybridized carbons (Fsp3) is 0.107. The largest absolute Gasteiger partial charge is 0.503 e. The maximum absolute atomic E-state index is 13.9. The van der Waals surface area contributed by atoms with E-state index in [-0.39, 0.29) is 5.57 Å². The molecule has 1 aliphatic heterocycles. The summed E-state index contributed by atoms with van der Waals surface area (Å²) in [7, 11) is 0. The van der Waals surface area contributed by atoms with Gasteiger partial charge in [-0.05, 0) is 49.2 Å². The van der Waals surface area contributed by atoms with Crippen LogP contribution in [0.3, 0.4) is 0 Å². The Labute approximate surface area is 205 Å². The lowest BCUT2D eigenvalue weighted by Gasteiger charge is -2.27. The number of nitrogens with zero attached hydrogens (tertiary/aromatic N) is 2. The van der Waals surface area contributed by atoms with E-state index in [2.05, 4.69) is 4.98 Å². The lowest BCUT2D eigenvalue weighted by molar-refractivity contribution is -0.117. The van der Waals surface area contributed by atoms with E-state index < -0.39 is 29.3 Å². The summed E-state index contributed by atoms with van der Waals surface area (Å²) in [6.07, 6.45) is 0. The molecule has 1 amide bonds. The summed E-state index contributed by atoms with van der Waals surface area (Å²) in [5.74, 6) is -2.21. The van der Waals surface area contributed by atoms with Crippen LogP contribution in [0.25, 0.3) is 10.6 Å². The summed E-state index contributed by atoms with van der Waals surface area (Å²) in [5.41, 5.74) is 3.30. The topological polar surface area (TPSA) is 70.5 Å². The van der Waals surface area contributed by atoms with Gasteiger partial charge in [-0.25, -0.2) is 9.37 Å². The summed E-state index contributed by atoms with van der Waals surface area (Å²) in [6.45, 7) is 3.62. The Morgan fingerprint density at radius 3 is 2.40 bits per heavy atom. The van der Waals surface area contributed by atoms with Crippen LogP contribution in [0.4, 0.5) is 10.1 Å². The first-order valence-electron chi connectivity index (χ1n) is 11.0. The van der Waals surface area contributed by atoms with E-state index >= 15 is 0 Å². The molecule has 0 aliphatic carbocycles. The summed E-state index contributed by atoms with van der Waals surface area (Å²) in [5, 5.41) is 11.6. The van der Waals surface area contributed by atoms with Crippen LogP contribution in [0.1, 0.15) is 32.5 Å². The van der Waals surface area contributed by atoms with Crippen LogP contribution in [0.5, 0.6) is 0 Å². The van der Waals surface area contributed by atoms with Crippen molar-refractivity contribution in [3.05, 3.63) is 118 Å². The number of benzene rings is 3. The number of ketones is 1. The molecule has 0 fully saturated rings. The average Bonchev–Trinajstić information content (AvgIpc) is 3.37. The molecule has 1 aliphatic rings. The second-order valence-electron chi connectivity index (χ2n) is 8.36. The first-order valence-corrected chi connectivity index (χ1v) is 11.8. The number of hydrogen-bond acceptors (Lipinski definition) is 5. The van der Waals surface area contributed by atoms with Gasteiger partial charge in [0.05, 0.1) is 22.2 Å². The van der Waals surface area contributed by atoms with E-state index in [0.717, 1.165) is 11.1 Å². The van der Waals surface area contributed by atoms with Crippen molar-refractivity contribution in [2.45, 2.75) is 19.9 Å². The number of amides is 1. The number of rotatable bonds is 5. The summed E-state index contributed by atoms with van der Waals surface area (Å²) in [6, 6.07) is 21.4.